The van der Waals surface area contributed by atoms with Gasteiger partial charge in [-0.05, 0) is 117 Å². The zero-order valence-corrected chi connectivity index (χ0v) is 43.5. The number of aliphatic carboxylic acids is 4. The van der Waals surface area contributed by atoms with Crippen molar-refractivity contribution in [3.8, 4) is 11.5 Å². The summed E-state index contributed by atoms with van der Waals surface area (Å²) in [6.07, 6.45) is -3.95. The van der Waals surface area contributed by atoms with Crippen molar-refractivity contribution in [2.75, 3.05) is 0 Å². The first kappa shape index (κ1) is 58.7. The number of carboxylic acids is 5. The summed E-state index contributed by atoms with van der Waals surface area (Å²) in [6.45, 7) is 1.94. The first-order valence-corrected chi connectivity index (χ1v) is 25.2. The maximum Gasteiger partial charge on any atom is 0.416 e. The Morgan fingerprint density at radius 3 is 1.16 bits per heavy atom. The Balaban J connectivity index is 0.000000148. The number of alkyl halides is 3. The van der Waals surface area contributed by atoms with Gasteiger partial charge in [0.1, 0.15) is 17.1 Å². The molecule has 4 bridgehead atoms. The lowest BCUT2D eigenvalue weighted by molar-refractivity contribution is -0.313. The summed E-state index contributed by atoms with van der Waals surface area (Å²) in [5.74, 6) is -6.24. The highest BCUT2D eigenvalue weighted by Crippen LogP contribution is 2.59. The molecule has 1 atom stereocenters. The van der Waals surface area contributed by atoms with E-state index in [-0.39, 0.29) is 17.8 Å². The molecule has 15 rings (SSSR count). The van der Waals surface area contributed by atoms with Gasteiger partial charge in [0.25, 0.3) is 0 Å². The van der Waals surface area contributed by atoms with Gasteiger partial charge in [-0.25, -0.2) is 4.79 Å². The number of carboxylic acid groups (broad SMARTS) is 5. The van der Waals surface area contributed by atoms with Gasteiger partial charge >= 0.3 is 12.1 Å². The topological polar surface area (TPSA) is 238 Å². The smallest absolute Gasteiger partial charge is 0.416 e. The number of phenolic OH excluding ortho intramolecular Hbond substituents is 1. The number of hydrogen-bond acceptors (Lipinski definition) is 11. The van der Waals surface area contributed by atoms with Crippen LogP contribution in [0.1, 0.15) is 110 Å². The van der Waals surface area contributed by atoms with Crippen LogP contribution in [0.15, 0.2) is 218 Å². The molecule has 15 heteroatoms. The first-order chi connectivity index (χ1) is 38.7. The van der Waals surface area contributed by atoms with Crippen molar-refractivity contribution in [2.45, 2.75) is 49.6 Å². The average Bonchev–Trinajstić information content (AvgIpc) is 2.54. The largest absolute Gasteiger partial charge is 0.550 e. The molecule has 12 nitrogen and oxygen atoms in total. The summed E-state index contributed by atoms with van der Waals surface area (Å²) in [5, 5.41) is 70.3. The predicted octanol–water partition coefficient (Wildman–Crippen LogP) is 8.47. The lowest BCUT2D eigenvalue weighted by atomic mass is 9.53. The van der Waals surface area contributed by atoms with E-state index in [4.69, 9.17) is 35.1 Å². The van der Waals surface area contributed by atoms with Gasteiger partial charge in [0.15, 0.2) is 0 Å². The number of fused-ring (bicyclic) bond motifs is 2. The fraction of sp³-hybridized carbons (Fsp3) is 0.136. The van der Waals surface area contributed by atoms with E-state index < -0.39 is 64.2 Å². The van der Waals surface area contributed by atoms with E-state index in [1.54, 1.807) is 24.3 Å². The molecule has 81 heavy (non-hydrogen) atoms. The standard InChI is InChI=1S/C21H14O2.C17H14O2.C10H8.C8H5F3O3.C6H6O.2C2H4O2/c22-20(23)21-16-10-4-1-7-13(16)19(14-8-2-5-11-17(14)21)15-9-3-6-12-18(15)21;18-17(19)15-9-14-10-5-1-3-7-12(10)16(15)13-8-4-2-6-11(13)14;1-2-6-10-8-4-3-7-9(10)5-1;9-8(10,11)4-1-2-6(12)5(3-4)7(13)14;7-6-4-2-1-3-5-6;2*1-2(3)4/h1-12,19H,(H,22,23);1-8,14-16H,9H2,(H,18,19);1-8H;1-3,12H,(H,13,14);1-5,7H;2*1H3,(H,3,4)/p-4. The molecule has 6 aliphatic carbocycles. The zero-order valence-electron chi connectivity index (χ0n) is 43.5. The van der Waals surface area contributed by atoms with Crippen LogP contribution >= 0.6 is 0 Å². The molecule has 0 aromatic heterocycles. The second-order valence-electron chi connectivity index (χ2n) is 18.9. The van der Waals surface area contributed by atoms with E-state index in [0.717, 1.165) is 47.2 Å². The molecular formula is C66H51F3O12-4. The third-order valence-corrected chi connectivity index (χ3v) is 13.9. The van der Waals surface area contributed by atoms with Crippen molar-refractivity contribution in [2.24, 2.45) is 5.92 Å². The van der Waals surface area contributed by atoms with Crippen LogP contribution in [0, 0.1) is 5.92 Å². The number of phenols is 2. The highest BCUT2D eigenvalue weighted by atomic mass is 19.4. The summed E-state index contributed by atoms with van der Waals surface area (Å²) < 4.78 is 36.3. The average molecular weight is 1090 g/mol. The number of aromatic carboxylic acids is 1. The minimum absolute atomic E-state index is 0.0394. The Morgan fingerprint density at radius 2 is 0.827 bits per heavy atom. The van der Waals surface area contributed by atoms with E-state index in [2.05, 4.69) is 72.8 Å². The summed E-state index contributed by atoms with van der Waals surface area (Å²) in [7, 11) is 0. The third-order valence-electron chi connectivity index (χ3n) is 13.9. The van der Waals surface area contributed by atoms with Gasteiger partial charge < -0.3 is 54.9 Å². The second-order valence-corrected chi connectivity index (χ2v) is 18.9. The number of hydrogen-bond donors (Lipinski definition) is 3. The maximum atomic E-state index is 12.5. The van der Waals surface area contributed by atoms with E-state index in [1.165, 1.54) is 33.0 Å². The van der Waals surface area contributed by atoms with Crippen LogP contribution in [0.2, 0.25) is 0 Å². The van der Waals surface area contributed by atoms with Crippen molar-refractivity contribution in [3.63, 3.8) is 0 Å². The normalized spacial score (nSPS) is 17.3. The Hall–Kier alpha value is -10.0. The predicted molar refractivity (Wildman–Crippen MR) is 288 cm³/mol. The SMILES string of the molecule is CC(=O)[O-].CC(=O)[O-].O=C(O)c1cc(C(F)(F)F)ccc1O.O=C([O-])C12c3ccccc3C(c3ccccc31)c1ccccc12.O=C([O-])C1CC2c3ccccc3C1c1ccccc12.Oc1ccccc1.c1ccc2ccccc2c1. The molecule has 9 aromatic rings. The van der Waals surface area contributed by atoms with Gasteiger partial charge in [0.05, 0.1) is 16.9 Å². The Bertz CT molecular complexity index is 3480. The van der Waals surface area contributed by atoms with Crippen LogP contribution < -0.4 is 20.4 Å². The van der Waals surface area contributed by atoms with Crippen LogP contribution in [-0.4, -0.2) is 45.2 Å². The highest BCUT2D eigenvalue weighted by molar-refractivity contribution is 5.95. The summed E-state index contributed by atoms with van der Waals surface area (Å²) >= 11 is 0. The molecule has 0 amide bonds. The van der Waals surface area contributed by atoms with Crippen molar-refractivity contribution in [3.05, 3.63) is 285 Å². The van der Waals surface area contributed by atoms with Crippen LogP contribution in [0.4, 0.5) is 13.2 Å². The third kappa shape index (κ3) is 13.0. The van der Waals surface area contributed by atoms with Gasteiger partial charge in [0.2, 0.25) is 0 Å². The molecule has 0 fully saturated rings. The minimum Gasteiger partial charge on any atom is -0.550 e. The quantitative estimate of drug-likeness (QED) is 0.151. The van der Waals surface area contributed by atoms with Crippen LogP contribution in [0.3, 0.4) is 0 Å². The minimum atomic E-state index is -4.61. The van der Waals surface area contributed by atoms with E-state index in [9.17, 15) is 37.8 Å². The van der Waals surface area contributed by atoms with E-state index in [1.807, 2.05) is 103 Å². The van der Waals surface area contributed by atoms with Gasteiger partial charge in [0, 0.05) is 41.6 Å². The van der Waals surface area contributed by atoms with Gasteiger partial charge in [-0.1, -0.05) is 188 Å². The number of carbonyl (C=O) groups excluding carboxylic acids is 4. The Labute approximate surface area is 463 Å². The molecule has 1 unspecified atom stereocenters. The molecule has 0 spiro atoms. The van der Waals surface area contributed by atoms with E-state index in [0.29, 0.717) is 30.4 Å². The molecule has 0 saturated heterocycles. The number of halogens is 3. The molecule has 0 aliphatic heterocycles. The fourth-order valence-corrected chi connectivity index (χ4v) is 10.9. The van der Waals surface area contributed by atoms with Crippen molar-refractivity contribution >= 4 is 40.6 Å². The number of aromatic hydroxyl groups is 2. The summed E-state index contributed by atoms with van der Waals surface area (Å²) in [4.78, 5) is 52.1. The molecule has 3 N–H and O–H groups in total. The number of benzene rings is 9. The molecule has 9 aromatic carbocycles. The summed E-state index contributed by atoms with van der Waals surface area (Å²) in [5.41, 5.74) is 7.64. The number of para-hydroxylation sites is 1. The second kappa shape index (κ2) is 25.6. The fourth-order valence-electron chi connectivity index (χ4n) is 10.9. The van der Waals surface area contributed by atoms with Crippen molar-refractivity contribution < 1.29 is 72.9 Å². The van der Waals surface area contributed by atoms with Crippen LogP contribution in [0.5, 0.6) is 11.5 Å². The molecule has 6 aliphatic rings. The first-order valence-electron chi connectivity index (χ1n) is 25.2. The molecular weight excluding hydrogens is 1040 g/mol. The molecule has 0 radical (unpaired) electrons. The summed E-state index contributed by atoms with van der Waals surface area (Å²) in [6, 6.07) is 67.2. The zero-order chi connectivity index (χ0) is 58.6. The maximum absolute atomic E-state index is 12.5. The number of rotatable bonds is 3. The van der Waals surface area contributed by atoms with Gasteiger partial charge in [-0.15, -0.1) is 0 Å². The van der Waals surface area contributed by atoms with E-state index >= 15 is 0 Å². The Morgan fingerprint density at radius 1 is 0.481 bits per heavy atom. The lowest BCUT2D eigenvalue weighted by Crippen LogP contribution is -2.53. The van der Waals surface area contributed by atoms with Crippen LogP contribution in [0.25, 0.3) is 10.8 Å². The molecule has 0 heterocycles. The Kier molecular flexibility index (Phi) is 18.6. The molecule has 412 valence electrons. The van der Waals surface area contributed by atoms with Crippen molar-refractivity contribution in [1.29, 1.82) is 0 Å². The number of carbonyl (C=O) groups is 5. The van der Waals surface area contributed by atoms with Crippen LogP contribution in [-0.2, 0) is 30.8 Å². The lowest BCUT2D eigenvalue weighted by Gasteiger charge is -2.51. The molecule has 0 saturated carbocycles. The highest BCUT2D eigenvalue weighted by Gasteiger charge is 2.52. The van der Waals surface area contributed by atoms with Gasteiger partial charge in [-0.2, -0.15) is 13.2 Å². The van der Waals surface area contributed by atoms with Gasteiger partial charge in [-0.3, -0.25) is 0 Å². The monoisotopic (exact) mass is 1090 g/mol. The van der Waals surface area contributed by atoms with Crippen molar-refractivity contribution in [1.82, 2.24) is 0 Å².